The van der Waals surface area contributed by atoms with Crippen LogP contribution in [0.5, 0.6) is 0 Å². The molecule has 0 aromatic rings. The first-order valence-corrected chi connectivity index (χ1v) is 5.27. The van der Waals surface area contributed by atoms with Crippen LogP contribution in [-0.2, 0) is 15.0 Å². The predicted molar refractivity (Wildman–Crippen MR) is 46.3 cm³/mol. The van der Waals surface area contributed by atoms with Crippen LogP contribution >= 0.6 is 0 Å². The van der Waals surface area contributed by atoms with E-state index in [0.29, 0.717) is 0 Å². The van der Waals surface area contributed by atoms with Gasteiger partial charge in [0.05, 0.1) is 0 Å². The quantitative estimate of drug-likeness (QED) is 0.555. The number of hydrogen-bond acceptors (Lipinski definition) is 4. The van der Waals surface area contributed by atoms with Crippen molar-refractivity contribution in [2.75, 3.05) is 13.1 Å². The molecule has 0 radical (unpaired) electrons. The van der Waals surface area contributed by atoms with Crippen molar-refractivity contribution in [3.8, 4) is 0 Å². The van der Waals surface area contributed by atoms with Crippen LogP contribution in [-0.4, -0.2) is 49.1 Å². The summed E-state index contributed by atoms with van der Waals surface area (Å²) in [7, 11) is -4.66. The lowest BCUT2D eigenvalue weighted by molar-refractivity contribution is -0.143. The average molecular weight is 265 g/mol. The fraction of sp³-hybridized carbons (Fsp3) is 0.800. The summed E-state index contributed by atoms with van der Waals surface area (Å²) in [6.45, 7) is -2.93. The molecule has 0 unspecified atom stereocenters. The SMILES string of the molecule is N[C@@H](CN(CC(F)(F)F)S(N)(=O)=O)C(=O)O. The van der Waals surface area contributed by atoms with E-state index in [2.05, 4.69) is 5.14 Å². The van der Waals surface area contributed by atoms with E-state index in [-0.39, 0.29) is 4.31 Å². The van der Waals surface area contributed by atoms with Crippen molar-refractivity contribution >= 4 is 16.2 Å². The van der Waals surface area contributed by atoms with E-state index in [1.165, 1.54) is 0 Å². The van der Waals surface area contributed by atoms with Crippen LogP contribution in [0.15, 0.2) is 0 Å². The van der Waals surface area contributed by atoms with Crippen LogP contribution in [0, 0.1) is 0 Å². The molecular weight excluding hydrogens is 255 g/mol. The molecule has 1 atom stereocenters. The van der Waals surface area contributed by atoms with Gasteiger partial charge in [0, 0.05) is 6.54 Å². The lowest BCUT2D eigenvalue weighted by atomic mass is 10.3. The third kappa shape index (κ3) is 5.85. The lowest BCUT2D eigenvalue weighted by Gasteiger charge is -2.22. The van der Waals surface area contributed by atoms with Gasteiger partial charge in [-0.1, -0.05) is 0 Å². The lowest BCUT2D eigenvalue weighted by Crippen LogP contribution is -2.50. The Morgan fingerprint density at radius 1 is 1.44 bits per heavy atom. The maximum Gasteiger partial charge on any atom is 0.402 e. The Hall–Kier alpha value is -0.910. The number of rotatable bonds is 5. The number of alkyl halides is 3. The van der Waals surface area contributed by atoms with Crippen molar-refractivity contribution in [2.24, 2.45) is 10.9 Å². The van der Waals surface area contributed by atoms with Gasteiger partial charge in [0.2, 0.25) is 0 Å². The first kappa shape index (κ1) is 15.1. The van der Waals surface area contributed by atoms with Crippen LogP contribution in [0.4, 0.5) is 13.2 Å². The second-order valence-corrected chi connectivity index (χ2v) is 4.44. The highest BCUT2D eigenvalue weighted by molar-refractivity contribution is 7.86. The van der Waals surface area contributed by atoms with Gasteiger partial charge in [0.1, 0.15) is 12.6 Å². The maximum atomic E-state index is 11.9. The summed E-state index contributed by atoms with van der Waals surface area (Å²) >= 11 is 0. The molecule has 11 heteroatoms. The minimum absolute atomic E-state index is 0.244. The van der Waals surface area contributed by atoms with E-state index >= 15 is 0 Å². The molecule has 0 fully saturated rings. The monoisotopic (exact) mass is 265 g/mol. The molecule has 0 amide bonds. The summed E-state index contributed by atoms with van der Waals surface area (Å²) in [5.41, 5.74) is 4.90. The van der Waals surface area contributed by atoms with E-state index in [1.54, 1.807) is 0 Å². The van der Waals surface area contributed by atoms with E-state index < -0.39 is 41.5 Å². The zero-order valence-corrected chi connectivity index (χ0v) is 8.62. The predicted octanol–water partition coefficient (Wildman–Crippen LogP) is -1.53. The molecule has 16 heavy (non-hydrogen) atoms. The summed E-state index contributed by atoms with van der Waals surface area (Å²) < 4.78 is 57.0. The molecule has 0 aromatic heterocycles. The van der Waals surface area contributed by atoms with Crippen molar-refractivity contribution in [3.63, 3.8) is 0 Å². The first-order chi connectivity index (χ1) is 6.93. The highest BCUT2D eigenvalue weighted by atomic mass is 32.2. The molecule has 0 bridgehead atoms. The van der Waals surface area contributed by atoms with Gasteiger partial charge in [-0.3, -0.25) is 4.79 Å². The minimum atomic E-state index is -4.83. The molecule has 0 aliphatic rings. The number of hydrogen-bond donors (Lipinski definition) is 3. The zero-order chi connectivity index (χ0) is 13.1. The minimum Gasteiger partial charge on any atom is -0.480 e. The highest BCUT2D eigenvalue weighted by Crippen LogP contribution is 2.17. The molecule has 0 saturated carbocycles. The fourth-order valence-corrected chi connectivity index (χ4v) is 1.45. The Morgan fingerprint density at radius 2 is 1.88 bits per heavy atom. The number of nitrogens with zero attached hydrogens (tertiary/aromatic N) is 1. The van der Waals surface area contributed by atoms with Crippen LogP contribution in [0.1, 0.15) is 0 Å². The summed E-state index contributed by atoms with van der Waals surface area (Å²) in [5.74, 6) is -1.63. The van der Waals surface area contributed by atoms with Crippen LogP contribution in [0.3, 0.4) is 0 Å². The topological polar surface area (TPSA) is 127 Å². The molecule has 0 spiro atoms. The number of aliphatic carboxylic acids is 1. The fourth-order valence-electron chi connectivity index (χ4n) is 0.756. The van der Waals surface area contributed by atoms with Gasteiger partial charge in [-0.05, 0) is 0 Å². The second kappa shape index (κ2) is 4.95. The van der Waals surface area contributed by atoms with Gasteiger partial charge in [-0.25, -0.2) is 5.14 Å². The molecular formula is C5H10F3N3O4S. The van der Waals surface area contributed by atoms with Crippen molar-refractivity contribution in [1.29, 1.82) is 0 Å². The highest BCUT2D eigenvalue weighted by Gasteiger charge is 2.36. The third-order valence-electron chi connectivity index (χ3n) is 1.43. The number of carboxylic acid groups (broad SMARTS) is 1. The third-order valence-corrected chi connectivity index (χ3v) is 2.43. The van der Waals surface area contributed by atoms with Crippen molar-refractivity contribution in [1.82, 2.24) is 4.31 Å². The number of halogens is 3. The molecule has 0 aliphatic carbocycles. The van der Waals surface area contributed by atoms with Gasteiger partial charge in [0.15, 0.2) is 0 Å². The Bertz CT molecular complexity index is 354. The molecule has 0 rings (SSSR count). The maximum absolute atomic E-state index is 11.9. The van der Waals surface area contributed by atoms with Crippen molar-refractivity contribution in [3.05, 3.63) is 0 Å². The van der Waals surface area contributed by atoms with Gasteiger partial charge in [0.25, 0.3) is 10.2 Å². The normalized spacial score (nSPS) is 15.1. The van der Waals surface area contributed by atoms with Crippen LogP contribution < -0.4 is 10.9 Å². The second-order valence-electron chi connectivity index (χ2n) is 2.90. The largest absolute Gasteiger partial charge is 0.480 e. The number of carbonyl (C=O) groups is 1. The Balaban J connectivity index is 4.79. The summed E-state index contributed by atoms with van der Waals surface area (Å²) in [6.07, 6.45) is -4.83. The van der Waals surface area contributed by atoms with E-state index in [9.17, 15) is 26.4 Å². The number of nitrogens with two attached hydrogens (primary N) is 2. The molecule has 96 valence electrons. The molecule has 7 nitrogen and oxygen atoms in total. The molecule has 0 aromatic carbocycles. The van der Waals surface area contributed by atoms with E-state index in [4.69, 9.17) is 10.8 Å². The first-order valence-electron chi connectivity index (χ1n) is 3.76. The zero-order valence-electron chi connectivity index (χ0n) is 7.81. The molecule has 0 saturated heterocycles. The standard InChI is InChI=1S/C5H10F3N3O4S/c6-5(7,8)2-11(16(10,14)15)1-3(9)4(12)13/h3H,1-2,9H2,(H,12,13)(H2,10,14,15)/t3-/m0/s1. The molecule has 5 N–H and O–H groups in total. The Kier molecular flexibility index (Phi) is 4.67. The van der Waals surface area contributed by atoms with Gasteiger partial charge in [-0.2, -0.15) is 25.9 Å². The van der Waals surface area contributed by atoms with Gasteiger partial charge in [-0.15, -0.1) is 0 Å². The Morgan fingerprint density at radius 3 is 2.12 bits per heavy atom. The van der Waals surface area contributed by atoms with Gasteiger partial charge < -0.3 is 10.8 Å². The van der Waals surface area contributed by atoms with Crippen LogP contribution in [0.2, 0.25) is 0 Å². The molecule has 0 aliphatic heterocycles. The summed E-state index contributed by atoms with van der Waals surface area (Å²) in [6, 6.07) is -1.78. The smallest absolute Gasteiger partial charge is 0.402 e. The van der Waals surface area contributed by atoms with E-state index in [1.807, 2.05) is 0 Å². The number of carboxylic acids is 1. The average Bonchev–Trinajstić information content (AvgIpc) is 1.98. The summed E-state index contributed by atoms with van der Waals surface area (Å²) in [4.78, 5) is 10.3. The molecule has 0 heterocycles. The van der Waals surface area contributed by atoms with Gasteiger partial charge >= 0.3 is 12.1 Å². The Labute approximate surface area is 89.0 Å². The van der Waals surface area contributed by atoms with Crippen LogP contribution in [0.25, 0.3) is 0 Å². The summed E-state index contributed by atoms with van der Waals surface area (Å²) in [5, 5.41) is 12.8. The van der Waals surface area contributed by atoms with Crippen molar-refractivity contribution < 1.29 is 31.5 Å². The van der Waals surface area contributed by atoms with Crippen molar-refractivity contribution in [2.45, 2.75) is 12.2 Å². The van der Waals surface area contributed by atoms with E-state index in [0.717, 1.165) is 0 Å².